The molecule has 1 amide bonds. The Balaban J connectivity index is 1.67. The fourth-order valence-electron chi connectivity index (χ4n) is 4.28. The Kier molecular flexibility index (Phi) is 8.58. The number of anilines is 1. The number of thiophene rings is 1. The van der Waals surface area contributed by atoms with Gasteiger partial charge in [-0.3, -0.25) is 4.79 Å². The highest BCUT2D eigenvalue weighted by molar-refractivity contribution is 9.10. The van der Waals surface area contributed by atoms with Crippen LogP contribution in [0.15, 0.2) is 58.5 Å². The van der Waals surface area contributed by atoms with E-state index in [1.807, 2.05) is 50.4 Å². The number of aryl methyl sites for hydroxylation is 3. The van der Waals surface area contributed by atoms with Crippen LogP contribution in [0.5, 0.6) is 5.75 Å². The number of ether oxygens (including phenoxy) is 1. The van der Waals surface area contributed by atoms with Crippen LogP contribution in [0.3, 0.4) is 0 Å². The number of rotatable bonds is 7. The molecule has 3 aromatic rings. The van der Waals surface area contributed by atoms with E-state index in [1.165, 1.54) is 23.3 Å². The van der Waals surface area contributed by atoms with Gasteiger partial charge in [0.05, 0.1) is 10.0 Å². The van der Waals surface area contributed by atoms with Crippen LogP contribution < -0.4 is 10.1 Å². The predicted octanol–water partition coefficient (Wildman–Crippen LogP) is 8.35. The minimum atomic E-state index is -0.0710. The van der Waals surface area contributed by atoms with Gasteiger partial charge in [0.1, 0.15) is 17.4 Å². The zero-order valence-corrected chi connectivity index (χ0v) is 22.7. The normalized spacial score (nSPS) is 13.7. The Morgan fingerprint density at radius 3 is 2.71 bits per heavy atom. The molecule has 182 valence electrons. The molecule has 1 aliphatic rings. The van der Waals surface area contributed by atoms with Crippen LogP contribution in [0.25, 0.3) is 0 Å². The van der Waals surface area contributed by atoms with Gasteiger partial charge in [-0.25, -0.2) is 4.99 Å². The van der Waals surface area contributed by atoms with Gasteiger partial charge in [0.2, 0.25) is 0 Å². The predicted molar refractivity (Wildman–Crippen MR) is 151 cm³/mol. The number of carbonyl (C=O) groups is 1. The van der Waals surface area contributed by atoms with Gasteiger partial charge in [-0.1, -0.05) is 37.6 Å². The smallest absolute Gasteiger partial charge is 0.259 e. The summed E-state index contributed by atoms with van der Waals surface area (Å²) in [6, 6.07) is 12.0. The second kappa shape index (κ2) is 11.8. The van der Waals surface area contributed by atoms with Crippen LogP contribution in [0, 0.1) is 13.8 Å². The Bertz CT molecular complexity index is 1260. The zero-order chi connectivity index (χ0) is 24.8. The van der Waals surface area contributed by atoms with Crippen LogP contribution >= 0.6 is 27.3 Å². The van der Waals surface area contributed by atoms with Crippen molar-refractivity contribution in [3.8, 4) is 5.75 Å². The van der Waals surface area contributed by atoms with Crippen molar-refractivity contribution in [2.45, 2.75) is 52.4 Å². The summed E-state index contributed by atoms with van der Waals surface area (Å²) in [7, 11) is 0. The number of benzene rings is 2. The van der Waals surface area contributed by atoms with E-state index in [1.54, 1.807) is 17.4 Å². The molecular weight excluding hydrogens is 520 g/mol. The number of aliphatic imine (C=N–C) groups is 1. The quantitative estimate of drug-likeness (QED) is 0.237. The number of fused-ring (bicyclic) bond motifs is 1. The van der Waals surface area contributed by atoms with E-state index in [4.69, 9.17) is 9.73 Å². The molecule has 1 N–H and O–H groups in total. The standard InChI is InChI=1S/C29H31BrN2O2S/c1-4-15-34-25-14-13-21(17-23(25)30)18-31-29-27(22-9-7-5-6-8-10-26(22)35-29)28(33)32-24-16-19(2)11-12-20(24)3/h4,11-14,16-18H,1,5-10,15H2,2-3H3,(H,32,33). The van der Waals surface area contributed by atoms with Crippen molar-refractivity contribution in [2.24, 2.45) is 4.99 Å². The second-order valence-corrected chi connectivity index (χ2v) is 10.9. The van der Waals surface area contributed by atoms with E-state index in [2.05, 4.69) is 33.9 Å². The molecule has 0 spiro atoms. The lowest BCUT2D eigenvalue weighted by Crippen LogP contribution is -2.15. The first kappa shape index (κ1) is 25.4. The molecule has 0 bridgehead atoms. The van der Waals surface area contributed by atoms with E-state index in [-0.39, 0.29) is 5.91 Å². The lowest BCUT2D eigenvalue weighted by Gasteiger charge is -2.13. The molecule has 0 radical (unpaired) electrons. The molecule has 0 aliphatic heterocycles. The molecule has 2 aromatic carbocycles. The molecule has 0 saturated carbocycles. The number of nitrogens with zero attached hydrogens (tertiary/aromatic N) is 1. The van der Waals surface area contributed by atoms with Crippen molar-refractivity contribution < 1.29 is 9.53 Å². The summed E-state index contributed by atoms with van der Waals surface area (Å²) in [5.41, 5.74) is 5.87. The Hall–Kier alpha value is -2.70. The lowest BCUT2D eigenvalue weighted by molar-refractivity contribution is 0.102. The maximum absolute atomic E-state index is 13.6. The molecule has 1 aromatic heterocycles. The van der Waals surface area contributed by atoms with Gasteiger partial charge in [0.25, 0.3) is 5.91 Å². The molecule has 0 atom stereocenters. The minimum absolute atomic E-state index is 0.0710. The highest BCUT2D eigenvalue weighted by atomic mass is 79.9. The van der Waals surface area contributed by atoms with Gasteiger partial charge < -0.3 is 10.1 Å². The molecule has 4 nitrogen and oxygen atoms in total. The van der Waals surface area contributed by atoms with Gasteiger partial charge in [0, 0.05) is 16.8 Å². The van der Waals surface area contributed by atoms with Crippen LogP contribution in [-0.2, 0) is 12.8 Å². The molecule has 35 heavy (non-hydrogen) atoms. The largest absolute Gasteiger partial charge is 0.488 e. The first-order valence-electron chi connectivity index (χ1n) is 12.1. The van der Waals surface area contributed by atoms with Gasteiger partial charge in [-0.2, -0.15) is 0 Å². The zero-order valence-electron chi connectivity index (χ0n) is 20.3. The van der Waals surface area contributed by atoms with E-state index < -0.39 is 0 Å². The van der Waals surface area contributed by atoms with E-state index >= 15 is 0 Å². The Morgan fingerprint density at radius 1 is 1.14 bits per heavy atom. The van der Waals surface area contributed by atoms with Crippen molar-refractivity contribution >= 4 is 50.1 Å². The number of amides is 1. The van der Waals surface area contributed by atoms with Crippen LogP contribution in [0.4, 0.5) is 10.7 Å². The maximum Gasteiger partial charge on any atom is 0.259 e. The Labute approximate surface area is 220 Å². The van der Waals surface area contributed by atoms with Crippen molar-refractivity contribution in [3.63, 3.8) is 0 Å². The average molecular weight is 552 g/mol. The number of carbonyl (C=O) groups excluding carboxylic acids is 1. The number of nitrogens with one attached hydrogen (secondary N) is 1. The monoisotopic (exact) mass is 550 g/mol. The van der Waals surface area contributed by atoms with Crippen molar-refractivity contribution in [3.05, 3.63) is 86.2 Å². The fraction of sp³-hybridized carbons (Fsp3) is 0.310. The summed E-state index contributed by atoms with van der Waals surface area (Å²) in [5.74, 6) is 0.688. The van der Waals surface area contributed by atoms with Crippen molar-refractivity contribution in [2.75, 3.05) is 11.9 Å². The summed E-state index contributed by atoms with van der Waals surface area (Å²) < 4.78 is 6.50. The van der Waals surface area contributed by atoms with Crippen LogP contribution in [0.2, 0.25) is 0 Å². The van der Waals surface area contributed by atoms with E-state index in [0.29, 0.717) is 6.61 Å². The summed E-state index contributed by atoms with van der Waals surface area (Å²) >= 11 is 5.23. The Morgan fingerprint density at radius 2 is 1.94 bits per heavy atom. The van der Waals surface area contributed by atoms with Crippen LogP contribution in [0.1, 0.15) is 63.2 Å². The highest BCUT2D eigenvalue weighted by Gasteiger charge is 2.24. The minimum Gasteiger partial charge on any atom is -0.488 e. The highest BCUT2D eigenvalue weighted by Crippen LogP contribution is 2.39. The first-order chi connectivity index (χ1) is 17.0. The number of halogens is 1. The molecule has 1 heterocycles. The van der Waals surface area contributed by atoms with Crippen molar-refractivity contribution in [1.29, 1.82) is 0 Å². The molecule has 4 rings (SSSR count). The third-order valence-electron chi connectivity index (χ3n) is 6.16. The van der Waals surface area contributed by atoms with Gasteiger partial charge >= 0.3 is 0 Å². The average Bonchev–Trinajstić information content (AvgIpc) is 3.15. The first-order valence-corrected chi connectivity index (χ1v) is 13.7. The summed E-state index contributed by atoms with van der Waals surface area (Å²) in [6.07, 6.45) is 10.2. The van der Waals surface area contributed by atoms with Crippen LogP contribution in [-0.4, -0.2) is 18.7 Å². The SMILES string of the molecule is C=CCOc1ccc(C=Nc2sc3c(c2C(=O)Nc2cc(C)ccc2C)CCCCCC3)cc1Br. The molecule has 6 heteroatoms. The van der Waals surface area contributed by atoms with Gasteiger partial charge in [0.15, 0.2) is 0 Å². The summed E-state index contributed by atoms with van der Waals surface area (Å²) in [5, 5.41) is 3.96. The maximum atomic E-state index is 13.6. The number of hydrogen-bond donors (Lipinski definition) is 1. The lowest BCUT2D eigenvalue weighted by atomic mass is 9.96. The topological polar surface area (TPSA) is 50.7 Å². The summed E-state index contributed by atoms with van der Waals surface area (Å²) in [4.78, 5) is 19.8. The molecule has 0 saturated heterocycles. The van der Waals surface area contributed by atoms with E-state index in [0.717, 1.165) is 68.8 Å². The molecule has 0 unspecified atom stereocenters. The molecular formula is C29H31BrN2O2S. The third kappa shape index (κ3) is 6.30. The molecule has 0 fully saturated rings. The third-order valence-corrected chi connectivity index (χ3v) is 7.98. The van der Waals surface area contributed by atoms with E-state index in [9.17, 15) is 4.79 Å². The van der Waals surface area contributed by atoms with Gasteiger partial charge in [-0.05, 0) is 102 Å². The summed E-state index contributed by atoms with van der Waals surface area (Å²) in [6.45, 7) is 8.20. The second-order valence-electron chi connectivity index (χ2n) is 8.92. The fourth-order valence-corrected chi connectivity index (χ4v) is 6.02. The molecule has 1 aliphatic carbocycles. The van der Waals surface area contributed by atoms with Crippen molar-refractivity contribution in [1.82, 2.24) is 0 Å². The number of hydrogen-bond acceptors (Lipinski definition) is 4. The van der Waals surface area contributed by atoms with Gasteiger partial charge in [-0.15, -0.1) is 11.3 Å².